The number of methoxy groups -OCH3 is 1. The SMILES string of the molecule is COC(=O)[C@H]1c2ccccc2N2C[C@H]3OC(C)(C)O[C@H]3[C@@H]12. The number of benzene rings is 1. The molecule has 3 heterocycles. The maximum Gasteiger partial charge on any atom is 0.315 e. The molecule has 0 amide bonds. The third-order valence-corrected chi connectivity index (χ3v) is 4.67. The zero-order valence-corrected chi connectivity index (χ0v) is 12.4. The van der Waals surface area contributed by atoms with Crippen LogP contribution in [0.15, 0.2) is 24.3 Å². The molecule has 0 unspecified atom stereocenters. The van der Waals surface area contributed by atoms with Gasteiger partial charge in [0.05, 0.1) is 13.2 Å². The number of hydrogen-bond donors (Lipinski definition) is 0. The van der Waals surface area contributed by atoms with Gasteiger partial charge in [-0.2, -0.15) is 0 Å². The molecule has 0 bridgehead atoms. The van der Waals surface area contributed by atoms with Gasteiger partial charge in [-0.3, -0.25) is 4.79 Å². The summed E-state index contributed by atoms with van der Waals surface area (Å²) in [5.41, 5.74) is 2.12. The van der Waals surface area contributed by atoms with E-state index in [0.717, 1.165) is 17.8 Å². The van der Waals surface area contributed by atoms with Crippen LogP contribution < -0.4 is 4.90 Å². The first-order valence-corrected chi connectivity index (χ1v) is 7.31. The van der Waals surface area contributed by atoms with Gasteiger partial charge in [-0.25, -0.2) is 0 Å². The van der Waals surface area contributed by atoms with E-state index in [2.05, 4.69) is 11.0 Å². The van der Waals surface area contributed by atoms with Crippen LogP contribution in [-0.2, 0) is 19.0 Å². The van der Waals surface area contributed by atoms with Gasteiger partial charge in [0.1, 0.15) is 18.1 Å². The van der Waals surface area contributed by atoms with Gasteiger partial charge in [-0.1, -0.05) is 18.2 Å². The minimum absolute atomic E-state index is 0.00510. The Bertz CT molecular complexity index is 600. The summed E-state index contributed by atoms with van der Waals surface area (Å²) >= 11 is 0. The molecule has 112 valence electrons. The fraction of sp³-hybridized carbons (Fsp3) is 0.562. The van der Waals surface area contributed by atoms with E-state index in [1.54, 1.807) is 0 Å². The van der Waals surface area contributed by atoms with E-state index < -0.39 is 5.79 Å². The van der Waals surface area contributed by atoms with Crippen molar-refractivity contribution >= 4 is 11.7 Å². The Balaban J connectivity index is 1.77. The van der Waals surface area contributed by atoms with Crippen molar-refractivity contribution in [1.82, 2.24) is 0 Å². The minimum Gasteiger partial charge on any atom is -0.468 e. The van der Waals surface area contributed by atoms with Gasteiger partial charge >= 0.3 is 5.97 Å². The monoisotopic (exact) mass is 289 g/mol. The van der Waals surface area contributed by atoms with Crippen molar-refractivity contribution < 1.29 is 19.0 Å². The first kappa shape index (κ1) is 13.1. The highest BCUT2D eigenvalue weighted by Crippen LogP contribution is 2.50. The van der Waals surface area contributed by atoms with E-state index in [0.29, 0.717) is 0 Å². The largest absolute Gasteiger partial charge is 0.468 e. The Morgan fingerprint density at radius 3 is 2.86 bits per heavy atom. The first-order chi connectivity index (χ1) is 10.0. The number of esters is 1. The van der Waals surface area contributed by atoms with Gasteiger partial charge in [0, 0.05) is 12.2 Å². The van der Waals surface area contributed by atoms with Crippen LogP contribution in [0.1, 0.15) is 25.3 Å². The molecule has 2 saturated heterocycles. The summed E-state index contributed by atoms with van der Waals surface area (Å²) in [5, 5.41) is 0. The summed E-state index contributed by atoms with van der Waals surface area (Å²) in [6.07, 6.45) is -0.0954. The molecule has 5 nitrogen and oxygen atoms in total. The molecule has 0 aliphatic carbocycles. The maximum absolute atomic E-state index is 12.3. The van der Waals surface area contributed by atoms with Crippen molar-refractivity contribution in [2.45, 2.75) is 43.8 Å². The lowest BCUT2D eigenvalue weighted by Gasteiger charge is -2.28. The highest BCUT2D eigenvalue weighted by atomic mass is 16.8. The predicted molar refractivity (Wildman–Crippen MR) is 76.2 cm³/mol. The van der Waals surface area contributed by atoms with E-state index in [-0.39, 0.29) is 30.1 Å². The average Bonchev–Trinajstić information content (AvgIpc) is 3.03. The van der Waals surface area contributed by atoms with Gasteiger partial charge in [0.25, 0.3) is 0 Å². The number of nitrogens with zero attached hydrogens (tertiary/aromatic N) is 1. The second-order valence-corrected chi connectivity index (χ2v) is 6.34. The summed E-state index contributed by atoms with van der Waals surface area (Å²) in [4.78, 5) is 14.6. The highest BCUT2D eigenvalue weighted by Gasteiger charge is 2.59. The van der Waals surface area contributed by atoms with Crippen LogP contribution in [-0.4, -0.2) is 43.7 Å². The molecular formula is C16H19NO4. The molecule has 2 fully saturated rings. The number of anilines is 1. The van der Waals surface area contributed by atoms with Crippen LogP contribution >= 0.6 is 0 Å². The third-order valence-electron chi connectivity index (χ3n) is 4.67. The normalized spacial score (nSPS) is 35.3. The van der Waals surface area contributed by atoms with Crippen LogP contribution in [0.25, 0.3) is 0 Å². The lowest BCUT2D eigenvalue weighted by atomic mass is 9.91. The fourth-order valence-corrected chi connectivity index (χ4v) is 4.00. The van der Waals surface area contributed by atoms with Crippen molar-refractivity contribution in [3.05, 3.63) is 29.8 Å². The van der Waals surface area contributed by atoms with Crippen LogP contribution in [0.3, 0.4) is 0 Å². The molecule has 4 atom stereocenters. The molecule has 1 aromatic carbocycles. The second kappa shape index (κ2) is 4.21. The van der Waals surface area contributed by atoms with Crippen molar-refractivity contribution in [2.24, 2.45) is 0 Å². The average molecular weight is 289 g/mol. The Morgan fingerprint density at radius 1 is 1.33 bits per heavy atom. The predicted octanol–water partition coefficient (Wildman–Crippen LogP) is 1.67. The van der Waals surface area contributed by atoms with Gasteiger partial charge < -0.3 is 19.1 Å². The van der Waals surface area contributed by atoms with Crippen molar-refractivity contribution in [3.8, 4) is 0 Å². The lowest BCUT2D eigenvalue weighted by molar-refractivity contribution is -0.155. The fourth-order valence-electron chi connectivity index (χ4n) is 4.00. The summed E-state index contributed by atoms with van der Waals surface area (Å²) in [5.74, 6) is -1.10. The molecule has 3 aliphatic rings. The molecule has 0 radical (unpaired) electrons. The van der Waals surface area contributed by atoms with E-state index in [4.69, 9.17) is 14.2 Å². The second-order valence-electron chi connectivity index (χ2n) is 6.34. The van der Waals surface area contributed by atoms with Crippen LogP contribution in [0, 0.1) is 0 Å². The third kappa shape index (κ3) is 1.74. The zero-order valence-electron chi connectivity index (χ0n) is 12.4. The Morgan fingerprint density at radius 2 is 2.10 bits per heavy atom. The quantitative estimate of drug-likeness (QED) is 0.736. The van der Waals surface area contributed by atoms with Gasteiger partial charge in [0.15, 0.2) is 5.79 Å². The number of rotatable bonds is 1. The van der Waals surface area contributed by atoms with Crippen LogP contribution in [0.2, 0.25) is 0 Å². The van der Waals surface area contributed by atoms with E-state index in [9.17, 15) is 4.79 Å². The highest BCUT2D eigenvalue weighted by molar-refractivity contribution is 5.86. The van der Waals surface area contributed by atoms with Crippen molar-refractivity contribution in [3.63, 3.8) is 0 Å². The number of carbonyl (C=O) groups excluding carboxylic acids is 1. The van der Waals surface area contributed by atoms with Gasteiger partial charge in [-0.05, 0) is 25.5 Å². The number of ether oxygens (including phenoxy) is 3. The van der Waals surface area contributed by atoms with Gasteiger partial charge in [0.2, 0.25) is 0 Å². The molecule has 4 rings (SSSR count). The van der Waals surface area contributed by atoms with Gasteiger partial charge in [-0.15, -0.1) is 0 Å². The Kier molecular flexibility index (Phi) is 2.63. The molecule has 5 heteroatoms. The van der Waals surface area contributed by atoms with Crippen molar-refractivity contribution in [2.75, 3.05) is 18.6 Å². The Hall–Kier alpha value is -1.59. The Labute approximate surface area is 123 Å². The molecule has 0 aromatic heterocycles. The molecular weight excluding hydrogens is 270 g/mol. The number of para-hydroxylation sites is 1. The molecule has 3 aliphatic heterocycles. The minimum atomic E-state index is -0.586. The summed E-state index contributed by atoms with van der Waals surface area (Å²) < 4.78 is 17.1. The molecule has 0 N–H and O–H groups in total. The topological polar surface area (TPSA) is 48.0 Å². The lowest BCUT2D eigenvalue weighted by Crippen LogP contribution is -2.41. The van der Waals surface area contributed by atoms with E-state index >= 15 is 0 Å². The summed E-state index contributed by atoms with van der Waals surface area (Å²) in [7, 11) is 1.44. The van der Waals surface area contributed by atoms with Crippen LogP contribution in [0.4, 0.5) is 5.69 Å². The first-order valence-electron chi connectivity index (χ1n) is 7.31. The van der Waals surface area contributed by atoms with E-state index in [1.165, 1.54) is 7.11 Å². The smallest absolute Gasteiger partial charge is 0.315 e. The van der Waals surface area contributed by atoms with E-state index in [1.807, 2.05) is 32.0 Å². The maximum atomic E-state index is 12.3. The molecule has 0 spiro atoms. The number of carbonyl (C=O) groups is 1. The molecule has 1 aromatic rings. The van der Waals surface area contributed by atoms with Crippen LogP contribution in [0.5, 0.6) is 0 Å². The molecule has 21 heavy (non-hydrogen) atoms. The number of hydrogen-bond acceptors (Lipinski definition) is 5. The summed E-state index contributed by atoms with van der Waals surface area (Å²) in [6, 6.07) is 7.98. The van der Waals surface area contributed by atoms with Crippen molar-refractivity contribution in [1.29, 1.82) is 0 Å². The zero-order chi connectivity index (χ0) is 14.8. The summed E-state index contributed by atoms with van der Waals surface area (Å²) in [6.45, 7) is 4.60. The number of fused-ring (bicyclic) bond motifs is 5. The standard InChI is InChI=1S/C16H19NO4/c1-16(2)20-11-8-17-10-7-5-4-6-9(10)12(15(18)19-3)13(17)14(11)21-16/h4-7,11-14H,8H2,1-3H3/t11-,12+,13-,14-/m1/s1. The molecule has 0 saturated carbocycles.